The molecular formula is C22H30N4O2S. The smallest absolute Gasteiger partial charge is 0.231 e. The lowest BCUT2D eigenvalue weighted by Crippen LogP contribution is -2.39. The number of thiazole rings is 1. The Morgan fingerprint density at radius 3 is 2.66 bits per heavy atom. The summed E-state index contributed by atoms with van der Waals surface area (Å²) in [6, 6.07) is 6.05. The third-order valence-electron chi connectivity index (χ3n) is 5.34. The number of anilines is 1. The molecule has 29 heavy (non-hydrogen) atoms. The average Bonchev–Trinajstić information content (AvgIpc) is 3.11. The average molecular weight is 415 g/mol. The quantitative estimate of drug-likeness (QED) is 0.788. The lowest BCUT2D eigenvalue weighted by Gasteiger charge is -2.31. The number of nitrogens with one attached hydrogen (secondary N) is 1. The molecule has 3 rings (SSSR count). The number of aryl methyl sites for hydroxylation is 2. The second kappa shape index (κ2) is 9.50. The molecule has 1 fully saturated rings. The van der Waals surface area contributed by atoms with E-state index in [1.807, 2.05) is 51.5 Å². The van der Waals surface area contributed by atoms with E-state index in [4.69, 9.17) is 0 Å². The molecular weight excluding hydrogens is 384 g/mol. The summed E-state index contributed by atoms with van der Waals surface area (Å²) in [5, 5.41) is 5.87. The molecule has 0 radical (unpaired) electrons. The number of nitrogens with zero attached hydrogens (tertiary/aromatic N) is 3. The lowest BCUT2D eigenvalue weighted by atomic mass is 9.95. The van der Waals surface area contributed by atoms with Crippen molar-refractivity contribution in [1.82, 2.24) is 14.8 Å². The van der Waals surface area contributed by atoms with Crippen molar-refractivity contribution < 1.29 is 9.59 Å². The van der Waals surface area contributed by atoms with Crippen LogP contribution in [0.15, 0.2) is 23.6 Å². The maximum Gasteiger partial charge on any atom is 0.231 e. The fraction of sp³-hybridized carbons (Fsp3) is 0.500. The van der Waals surface area contributed by atoms with E-state index in [0.29, 0.717) is 0 Å². The summed E-state index contributed by atoms with van der Waals surface area (Å²) in [6.07, 6.45) is 2.08. The third kappa shape index (κ3) is 5.87. The first-order chi connectivity index (χ1) is 13.8. The van der Waals surface area contributed by atoms with Crippen molar-refractivity contribution in [3.05, 3.63) is 45.4 Å². The number of likely N-dealkylation sites (tertiary alicyclic amines) is 1. The molecule has 1 aromatic heterocycles. The van der Waals surface area contributed by atoms with Gasteiger partial charge in [-0.2, -0.15) is 0 Å². The molecule has 6 nitrogen and oxygen atoms in total. The van der Waals surface area contributed by atoms with Crippen molar-refractivity contribution in [2.24, 2.45) is 5.92 Å². The molecule has 7 heteroatoms. The van der Waals surface area contributed by atoms with Crippen LogP contribution >= 0.6 is 11.3 Å². The van der Waals surface area contributed by atoms with E-state index in [-0.39, 0.29) is 24.2 Å². The minimum Gasteiger partial charge on any atom is -0.349 e. The molecule has 0 atom stereocenters. The molecule has 0 saturated carbocycles. The standard InChI is InChI=1S/C22H30N4O2S/c1-15-5-6-16(2)19(11-15)24-20(27)12-21-23-18(14-29-21)13-26-9-7-17(8-10-26)22(28)25(3)4/h5-6,11,14,17H,7-10,12-13H2,1-4H3,(H,24,27). The van der Waals surface area contributed by atoms with E-state index in [1.165, 1.54) is 11.3 Å². The summed E-state index contributed by atoms with van der Waals surface area (Å²) in [6.45, 7) is 6.60. The summed E-state index contributed by atoms with van der Waals surface area (Å²) < 4.78 is 0. The van der Waals surface area contributed by atoms with Crippen LogP contribution in [0, 0.1) is 19.8 Å². The molecule has 0 spiro atoms. The zero-order valence-electron chi connectivity index (χ0n) is 17.7. The first kappa shape index (κ1) is 21.5. The van der Waals surface area contributed by atoms with Gasteiger partial charge in [0.15, 0.2) is 0 Å². The molecule has 0 bridgehead atoms. The number of benzene rings is 1. The van der Waals surface area contributed by atoms with Crippen molar-refractivity contribution in [3.8, 4) is 0 Å². The van der Waals surface area contributed by atoms with E-state index >= 15 is 0 Å². The zero-order chi connectivity index (χ0) is 21.0. The SMILES string of the molecule is Cc1ccc(C)c(NC(=O)Cc2nc(CN3CCC(C(=O)N(C)C)CC3)cs2)c1. The highest BCUT2D eigenvalue weighted by Crippen LogP contribution is 2.22. The Labute approximate surface area is 176 Å². The van der Waals surface area contributed by atoms with Crippen LogP contribution in [0.5, 0.6) is 0 Å². The maximum absolute atomic E-state index is 12.4. The Bertz CT molecular complexity index is 869. The van der Waals surface area contributed by atoms with Gasteiger partial charge in [-0.1, -0.05) is 12.1 Å². The van der Waals surface area contributed by atoms with Crippen LogP contribution in [0.25, 0.3) is 0 Å². The minimum absolute atomic E-state index is 0.0392. The predicted octanol–water partition coefficient (Wildman–Crippen LogP) is 3.24. The summed E-state index contributed by atoms with van der Waals surface area (Å²) in [4.78, 5) is 33.2. The highest BCUT2D eigenvalue weighted by atomic mass is 32.1. The monoisotopic (exact) mass is 414 g/mol. The van der Waals surface area contributed by atoms with E-state index in [9.17, 15) is 9.59 Å². The van der Waals surface area contributed by atoms with Gasteiger partial charge in [0.1, 0.15) is 5.01 Å². The Morgan fingerprint density at radius 2 is 1.97 bits per heavy atom. The normalized spacial score (nSPS) is 15.3. The molecule has 1 aliphatic heterocycles. The van der Waals surface area contributed by atoms with Gasteiger partial charge in [0, 0.05) is 37.6 Å². The van der Waals surface area contributed by atoms with Crippen LogP contribution in [0.2, 0.25) is 0 Å². The first-order valence-electron chi connectivity index (χ1n) is 10.1. The summed E-state index contributed by atoms with van der Waals surface area (Å²) in [7, 11) is 3.64. The fourth-order valence-electron chi connectivity index (χ4n) is 3.64. The number of piperidine rings is 1. The number of carbonyl (C=O) groups is 2. The van der Waals surface area contributed by atoms with Crippen LogP contribution in [0.1, 0.15) is 34.7 Å². The molecule has 1 N–H and O–H groups in total. The molecule has 0 unspecified atom stereocenters. The molecule has 156 valence electrons. The van der Waals surface area contributed by atoms with Gasteiger partial charge >= 0.3 is 0 Å². The van der Waals surface area contributed by atoms with Gasteiger partial charge in [0.25, 0.3) is 0 Å². The lowest BCUT2D eigenvalue weighted by molar-refractivity contribution is -0.134. The van der Waals surface area contributed by atoms with Gasteiger partial charge in [-0.25, -0.2) is 4.98 Å². The number of rotatable bonds is 6. The second-order valence-electron chi connectivity index (χ2n) is 8.06. The molecule has 2 amide bonds. The van der Waals surface area contributed by atoms with Gasteiger partial charge < -0.3 is 10.2 Å². The van der Waals surface area contributed by atoms with Gasteiger partial charge in [-0.3, -0.25) is 14.5 Å². The minimum atomic E-state index is -0.0392. The van der Waals surface area contributed by atoms with E-state index in [2.05, 4.69) is 15.2 Å². The van der Waals surface area contributed by atoms with Crippen LogP contribution in [0.4, 0.5) is 5.69 Å². The van der Waals surface area contributed by atoms with Gasteiger partial charge in [-0.05, 0) is 57.0 Å². The van der Waals surface area contributed by atoms with E-state index in [0.717, 1.165) is 60.0 Å². The van der Waals surface area contributed by atoms with Crippen LogP contribution in [-0.2, 0) is 22.6 Å². The third-order valence-corrected chi connectivity index (χ3v) is 6.24. The Hall–Kier alpha value is -2.25. The van der Waals surface area contributed by atoms with Crippen LogP contribution in [-0.4, -0.2) is 53.8 Å². The zero-order valence-corrected chi connectivity index (χ0v) is 18.5. The van der Waals surface area contributed by atoms with E-state index < -0.39 is 0 Å². The summed E-state index contributed by atoms with van der Waals surface area (Å²) in [5.74, 6) is 0.332. The van der Waals surface area contributed by atoms with E-state index in [1.54, 1.807) is 4.90 Å². The number of hydrogen-bond acceptors (Lipinski definition) is 5. The summed E-state index contributed by atoms with van der Waals surface area (Å²) in [5.41, 5.74) is 4.04. The first-order valence-corrected chi connectivity index (χ1v) is 10.9. The van der Waals surface area contributed by atoms with Crippen molar-refractivity contribution in [1.29, 1.82) is 0 Å². The van der Waals surface area contributed by atoms with Crippen molar-refractivity contribution >= 4 is 28.8 Å². The summed E-state index contributed by atoms with van der Waals surface area (Å²) >= 11 is 1.53. The maximum atomic E-state index is 12.4. The highest BCUT2D eigenvalue weighted by molar-refractivity contribution is 7.09. The largest absolute Gasteiger partial charge is 0.349 e. The molecule has 1 aromatic carbocycles. The van der Waals surface area contributed by atoms with Gasteiger partial charge in [-0.15, -0.1) is 11.3 Å². The van der Waals surface area contributed by atoms with Crippen LogP contribution in [0.3, 0.4) is 0 Å². The predicted molar refractivity (Wildman–Crippen MR) is 117 cm³/mol. The Balaban J connectivity index is 1.49. The molecule has 2 heterocycles. The number of aromatic nitrogens is 1. The molecule has 0 aliphatic carbocycles. The van der Waals surface area contributed by atoms with Gasteiger partial charge in [0.05, 0.1) is 12.1 Å². The molecule has 1 aliphatic rings. The molecule has 1 saturated heterocycles. The van der Waals surface area contributed by atoms with Crippen molar-refractivity contribution in [2.75, 3.05) is 32.5 Å². The number of amides is 2. The van der Waals surface area contributed by atoms with Crippen molar-refractivity contribution in [3.63, 3.8) is 0 Å². The Morgan fingerprint density at radius 1 is 1.24 bits per heavy atom. The highest BCUT2D eigenvalue weighted by Gasteiger charge is 2.26. The van der Waals surface area contributed by atoms with Crippen molar-refractivity contribution in [2.45, 2.75) is 39.7 Å². The second-order valence-corrected chi connectivity index (χ2v) is 9.00. The number of carbonyl (C=O) groups excluding carboxylic acids is 2. The fourth-order valence-corrected chi connectivity index (χ4v) is 4.42. The topological polar surface area (TPSA) is 65.5 Å². The molecule has 2 aromatic rings. The number of hydrogen-bond donors (Lipinski definition) is 1. The van der Waals surface area contributed by atoms with Crippen LogP contribution < -0.4 is 5.32 Å². The van der Waals surface area contributed by atoms with Gasteiger partial charge in [0.2, 0.25) is 11.8 Å². The Kier molecular flexibility index (Phi) is 7.03.